The van der Waals surface area contributed by atoms with E-state index in [4.69, 9.17) is 0 Å². The number of anilines is 1. The van der Waals surface area contributed by atoms with Crippen molar-refractivity contribution < 1.29 is 4.79 Å². The molecule has 6 heteroatoms. The van der Waals surface area contributed by atoms with Gasteiger partial charge in [0.25, 0.3) is 0 Å². The molecule has 0 unspecified atom stereocenters. The van der Waals surface area contributed by atoms with Crippen molar-refractivity contribution in [2.45, 2.75) is 13.3 Å². The predicted molar refractivity (Wildman–Crippen MR) is 61.5 cm³/mol. The van der Waals surface area contributed by atoms with E-state index in [2.05, 4.69) is 36.5 Å². The van der Waals surface area contributed by atoms with Gasteiger partial charge in [-0.05, 0) is 22.9 Å². The predicted octanol–water partition coefficient (Wildman–Crippen LogP) is 1.18. The fourth-order valence-corrected chi connectivity index (χ4v) is 1.38. The molecule has 82 valence electrons. The Kier molecular flexibility index (Phi) is 5.03. The van der Waals surface area contributed by atoms with Crippen LogP contribution in [0.2, 0.25) is 0 Å². The monoisotopic (exact) mass is 272 g/mol. The molecule has 1 rings (SSSR count). The first kappa shape index (κ1) is 11.9. The van der Waals surface area contributed by atoms with Gasteiger partial charge in [0.15, 0.2) is 0 Å². The molecule has 0 aliphatic carbocycles. The van der Waals surface area contributed by atoms with Gasteiger partial charge in [-0.3, -0.25) is 4.79 Å². The second kappa shape index (κ2) is 6.34. The van der Waals surface area contributed by atoms with Crippen LogP contribution in [0.5, 0.6) is 0 Å². The second-order valence-corrected chi connectivity index (χ2v) is 3.70. The number of aromatic nitrogens is 2. The number of carbonyl (C=O) groups is 1. The van der Waals surface area contributed by atoms with Crippen LogP contribution in [0.25, 0.3) is 0 Å². The molecule has 0 spiro atoms. The summed E-state index contributed by atoms with van der Waals surface area (Å²) < 4.78 is 0.792. The summed E-state index contributed by atoms with van der Waals surface area (Å²) in [6.45, 7) is 3.11. The molecule has 2 N–H and O–H groups in total. The minimum Gasteiger partial charge on any atom is -0.369 e. The molecule has 0 fully saturated rings. The van der Waals surface area contributed by atoms with E-state index in [1.807, 2.05) is 6.92 Å². The average Bonchev–Trinajstić information content (AvgIpc) is 2.21. The van der Waals surface area contributed by atoms with Crippen LogP contribution in [0.1, 0.15) is 13.3 Å². The fraction of sp³-hybridized carbons (Fsp3) is 0.444. The smallest absolute Gasteiger partial charge is 0.221 e. The number of nitrogens with one attached hydrogen (secondary N) is 2. The van der Waals surface area contributed by atoms with Crippen LogP contribution in [0.15, 0.2) is 17.0 Å². The molecule has 0 radical (unpaired) electrons. The zero-order chi connectivity index (χ0) is 11.1. The summed E-state index contributed by atoms with van der Waals surface area (Å²) in [6.07, 6.45) is 3.55. The Morgan fingerprint density at radius 2 is 2.40 bits per heavy atom. The lowest BCUT2D eigenvalue weighted by Crippen LogP contribution is -2.24. The number of rotatable bonds is 5. The molecule has 0 aromatic carbocycles. The molecule has 1 aromatic heterocycles. The highest BCUT2D eigenvalue weighted by Gasteiger charge is 2.02. The van der Waals surface area contributed by atoms with Crippen molar-refractivity contribution >= 4 is 27.7 Å². The number of halogens is 1. The van der Waals surface area contributed by atoms with Crippen LogP contribution in [0.4, 0.5) is 5.82 Å². The van der Waals surface area contributed by atoms with Gasteiger partial charge in [-0.1, -0.05) is 0 Å². The average molecular weight is 273 g/mol. The Labute approximate surface area is 96.8 Å². The summed E-state index contributed by atoms with van der Waals surface area (Å²) in [4.78, 5) is 19.0. The van der Waals surface area contributed by atoms with Gasteiger partial charge in [0.05, 0.1) is 4.47 Å². The van der Waals surface area contributed by atoms with Gasteiger partial charge in [-0.25, -0.2) is 9.97 Å². The lowest BCUT2D eigenvalue weighted by molar-refractivity contribution is -0.120. The summed E-state index contributed by atoms with van der Waals surface area (Å²) in [5.41, 5.74) is 0. The Hall–Kier alpha value is -1.17. The standard InChI is InChI=1S/C9H13BrN4O/c1-2-12-8(15)3-4-13-9-7(10)5-11-6-14-9/h5-6H,2-4H2,1H3,(H,12,15)(H,11,13,14). The van der Waals surface area contributed by atoms with Crippen LogP contribution in [-0.4, -0.2) is 29.0 Å². The number of hydrogen-bond acceptors (Lipinski definition) is 4. The van der Waals surface area contributed by atoms with Gasteiger partial charge < -0.3 is 10.6 Å². The first-order valence-electron chi connectivity index (χ1n) is 4.70. The highest BCUT2D eigenvalue weighted by Crippen LogP contribution is 2.16. The fourth-order valence-electron chi connectivity index (χ4n) is 1.02. The number of hydrogen-bond donors (Lipinski definition) is 2. The highest BCUT2D eigenvalue weighted by molar-refractivity contribution is 9.10. The van der Waals surface area contributed by atoms with Crippen molar-refractivity contribution in [1.29, 1.82) is 0 Å². The third-order valence-electron chi connectivity index (χ3n) is 1.69. The van der Waals surface area contributed by atoms with Crippen LogP contribution in [0.3, 0.4) is 0 Å². The Morgan fingerprint density at radius 3 is 3.07 bits per heavy atom. The molecule has 0 aliphatic rings. The molecule has 0 aliphatic heterocycles. The highest BCUT2D eigenvalue weighted by atomic mass is 79.9. The summed E-state index contributed by atoms with van der Waals surface area (Å²) >= 11 is 3.31. The van der Waals surface area contributed by atoms with Gasteiger partial charge in [0.2, 0.25) is 5.91 Å². The normalized spacial score (nSPS) is 9.73. The van der Waals surface area contributed by atoms with E-state index in [1.54, 1.807) is 6.20 Å². The van der Waals surface area contributed by atoms with Crippen LogP contribution in [0, 0.1) is 0 Å². The molecule has 15 heavy (non-hydrogen) atoms. The van der Waals surface area contributed by atoms with Gasteiger partial charge in [-0.15, -0.1) is 0 Å². The summed E-state index contributed by atoms with van der Waals surface area (Å²) in [5, 5.41) is 5.77. The van der Waals surface area contributed by atoms with E-state index in [1.165, 1.54) is 6.33 Å². The van der Waals surface area contributed by atoms with Crippen molar-refractivity contribution in [3.05, 3.63) is 17.0 Å². The molecule has 0 atom stereocenters. The van der Waals surface area contributed by atoms with Gasteiger partial charge in [0.1, 0.15) is 12.1 Å². The Balaban J connectivity index is 2.32. The number of nitrogens with zero attached hydrogens (tertiary/aromatic N) is 2. The van der Waals surface area contributed by atoms with Crippen LogP contribution < -0.4 is 10.6 Å². The summed E-state index contributed by atoms with van der Waals surface area (Å²) in [7, 11) is 0. The Morgan fingerprint density at radius 1 is 1.60 bits per heavy atom. The van der Waals surface area contributed by atoms with Crippen molar-refractivity contribution in [1.82, 2.24) is 15.3 Å². The molecule has 5 nitrogen and oxygen atoms in total. The summed E-state index contributed by atoms with van der Waals surface area (Å²) in [6, 6.07) is 0. The number of carbonyl (C=O) groups excluding carboxylic acids is 1. The molecule has 1 heterocycles. The van der Waals surface area contributed by atoms with Crippen LogP contribution >= 0.6 is 15.9 Å². The molecular formula is C9H13BrN4O. The van der Waals surface area contributed by atoms with Crippen molar-refractivity contribution in [3.8, 4) is 0 Å². The van der Waals surface area contributed by atoms with Crippen LogP contribution in [-0.2, 0) is 4.79 Å². The quantitative estimate of drug-likeness (QED) is 0.845. The molecule has 0 saturated carbocycles. The SMILES string of the molecule is CCNC(=O)CCNc1ncncc1Br. The molecule has 1 aromatic rings. The van der Waals surface area contributed by atoms with Gasteiger partial charge in [0, 0.05) is 25.7 Å². The first-order valence-corrected chi connectivity index (χ1v) is 5.49. The second-order valence-electron chi connectivity index (χ2n) is 2.85. The maximum Gasteiger partial charge on any atom is 0.221 e. The molecule has 0 bridgehead atoms. The van der Waals surface area contributed by atoms with E-state index in [9.17, 15) is 4.79 Å². The van der Waals surface area contributed by atoms with Gasteiger partial charge in [-0.2, -0.15) is 0 Å². The van der Waals surface area contributed by atoms with E-state index < -0.39 is 0 Å². The third-order valence-corrected chi connectivity index (χ3v) is 2.27. The van der Waals surface area contributed by atoms with Gasteiger partial charge >= 0.3 is 0 Å². The van der Waals surface area contributed by atoms with Crippen molar-refractivity contribution in [2.24, 2.45) is 0 Å². The topological polar surface area (TPSA) is 66.9 Å². The lowest BCUT2D eigenvalue weighted by Gasteiger charge is -2.06. The zero-order valence-corrected chi connectivity index (χ0v) is 10.0. The minimum absolute atomic E-state index is 0.0372. The van der Waals surface area contributed by atoms with E-state index in [-0.39, 0.29) is 5.91 Å². The van der Waals surface area contributed by atoms with E-state index >= 15 is 0 Å². The lowest BCUT2D eigenvalue weighted by atomic mass is 10.4. The molecule has 1 amide bonds. The molecular weight excluding hydrogens is 260 g/mol. The van der Waals surface area contributed by atoms with E-state index in [0.717, 1.165) is 4.47 Å². The largest absolute Gasteiger partial charge is 0.369 e. The Bertz CT molecular complexity index is 332. The minimum atomic E-state index is 0.0372. The maximum absolute atomic E-state index is 11.1. The summed E-state index contributed by atoms with van der Waals surface area (Å²) in [5.74, 6) is 0.740. The zero-order valence-electron chi connectivity index (χ0n) is 8.46. The van der Waals surface area contributed by atoms with Crippen molar-refractivity contribution in [3.63, 3.8) is 0 Å². The first-order chi connectivity index (χ1) is 7.24. The third kappa shape index (κ3) is 4.24. The number of amides is 1. The van der Waals surface area contributed by atoms with E-state index in [0.29, 0.717) is 25.3 Å². The molecule has 0 saturated heterocycles. The van der Waals surface area contributed by atoms with Crippen molar-refractivity contribution in [2.75, 3.05) is 18.4 Å². The maximum atomic E-state index is 11.1.